The predicted octanol–water partition coefficient (Wildman–Crippen LogP) is 4.01. The molecule has 2 aromatic rings. The number of ether oxygens (including phenoxy) is 1. The Labute approximate surface area is 118 Å². The summed E-state index contributed by atoms with van der Waals surface area (Å²) in [6.45, 7) is 0.409. The van der Waals surface area contributed by atoms with E-state index in [0.717, 1.165) is 29.7 Å². The molecule has 0 amide bonds. The number of nitrogens with zero attached hydrogens (tertiary/aromatic N) is 1. The molecule has 106 valence electrons. The van der Waals surface area contributed by atoms with E-state index in [4.69, 9.17) is 9.26 Å². The molecule has 1 heterocycles. The van der Waals surface area contributed by atoms with Gasteiger partial charge in [-0.3, -0.25) is 0 Å². The zero-order valence-electron chi connectivity index (χ0n) is 11.4. The molecule has 1 N–H and O–H groups in total. The van der Waals surface area contributed by atoms with Crippen molar-refractivity contribution in [1.82, 2.24) is 5.16 Å². The first-order chi connectivity index (χ1) is 9.84. The third-order valence-electron chi connectivity index (χ3n) is 3.93. The summed E-state index contributed by atoms with van der Waals surface area (Å²) in [5.74, 6) is 1.53. The maximum absolute atomic E-state index is 10.2. The first-order valence-corrected chi connectivity index (χ1v) is 7.17. The first-order valence-electron chi connectivity index (χ1n) is 7.17. The highest BCUT2D eigenvalue weighted by Gasteiger charge is 2.22. The number of aromatic hydroxyl groups is 1. The van der Waals surface area contributed by atoms with Crippen LogP contribution in [0.3, 0.4) is 0 Å². The van der Waals surface area contributed by atoms with E-state index in [0.29, 0.717) is 18.3 Å². The first kappa shape index (κ1) is 13.0. The minimum absolute atomic E-state index is 0.347. The van der Waals surface area contributed by atoms with Gasteiger partial charge in [0, 0.05) is 11.1 Å². The van der Waals surface area contributed by atoms with Crippen molar-refractivity contribution in [1.29, 1.82) is 0 Å². The van der Waals surface area contributed by atoms with Crippen molar-refractivity contribution in [2.24, 2.45) is 0 Å². The van der Waals surface area contributed by atoms with Gasteiger partial charge in [-0.1, -0.05) is 30.5 Å². The zero-order valence-corrected chi connectivity index (χ0v) is 11.4. The van der Waals surface area contributed by atoms with Gasteiger partial charge in [-0.25, -0.2) is 0 Å². The van der Waals surface area contributed by atoms with Crippen LogP contribution in [0.25, 0.3) is 0 Å². The van der Waals surface area contributed by atoms with Crippen molar-refractivity contribution >= 4 is 0 Å². The van der Waals surface area contributed by atoms with E-state index < -0.39 is 0 Å². The number of hydrogen-bond donors (Lipinski definition) is 1. The fourth-order valence-corrected chi connectivity index (χ4v) is 2.92. The molecule has 0 aliphatic heterocycles. The zero-order chi connectivity index (χ0) is 13.8. The lowest BCUT2D eigenvalue weighted by Gasteiger charge is -2.24. The number of benzene rings is 1. The second kappa shape index (κ2) is 5.99. The average Bonchev–Trinajstić information content (AvgIpc) is 2.99. The molecular weight excluding hydrogens is 254 g/mol. The molecule has 1 aromatic heterocycles. The third kappa shape index (κ3) is 2.79. The molecule has 0 spiro atoms. The highest BCUT2D eigenvalue weighted by atomic mass is 16.5. The van der Waals surface area contributed by atoms with Crippen molar-refractivity contribution in [2.75, 3.05) is 0 Å². The maximum atomic E-state index is 10.2. The van der Waals surface area contributed by atoms with E-state index >= 15 is 0 Å². The van der Waals surface area contributed by atoms with E-state index in [-0.39, 0.29) is 0 Å². The van der Waals surface area contributed by atoms with Gasteiger partial charge < -0.3 is 14.4 Å². The van der Waals surface area contributed by atoms with Crippen LogP contribution in [0.1, 0.15) is 49.1 Å². The smallest absolute Gasteiger partial charge is 0.130 e. The molecule has 4 heteroatoms. The highest BCUT2D eigenvalue weighted by Crippen LogP contribution is 2.42. The van der Waals surface area contributed by atoms with Crippen LogP contribution < -0.4 is 4.74 Å². The Balaban J connectivity index is 1.80. The van der Waals surface area contributed by atoms with Gasteiger partial charge in [0.15, 0.2) is 0 Å². The topological polar surface area (TPSA) is 55.5 Å². The number of aromatic nitrogens is 1. The molecule has 0 unspecified atom stereocenters. The van der Waals surface area contributed by atoms with Gasteiger partial charge in [-0.05, 0) is 30.9 Å². The molecule has 0 radical (unpaired) electrons. The SMILES string of the molecule is Oc1cccc(OCc2cnoc2)c1C1CCCCC1. The molecule has 1 aliphatic carbocycles. The summed E-state index contributed by atoms with van der Waals surface area (Å²) in [5.41, 5.74) is 1.85. The maximum Gasteiger partial charge on any atom is 0.130 e. The van der Waals surface area contributed by atoms with Crippen LogP contribution in [-0.4, -0.2) is 10.3 Å². The number of phenolic OH excluding ortho intramolecular Hbond substituents is 1. The lowest BCUT2D eigenvalue weighted by molar-refractivity contribution is 0.292. The fraction of sp³-hybridized carbons (Fsp3) is 0.438. The molecule has 0 atom stereocenters. The van der Waals surface area contributed by atoms with Crippen molar-refractivity contribution in [3.8, 4) is 11.5 Å². The molecule has 1 aromatic carbocycles. The number of phenols is 1. The molecule has 4 nitrogen and oxygen atoms in total. The standard InChI is InChI=1S/C16H19NO3/c18-14-7-4-8-15(19-10-12-9-17-20-11-12)16(14)13-5-2-1-3-6-13/h4,7-9,11,13,18H,1-3,5-6,10H2. The van der Waals surface area contributed by atoms with E-state index in [1.165, 1.54) is 19.3 Å². The Bertz CT molecular complexity index is 545. The van der Waals surface area contributed by atoms with Crippen molar-refractivity contribution in [3.05, 3.63) is 41.8 Å². The van der Waals surface area contributed by atoms with Crippen LogP contribution in [0, 0.1) is 0 Å². The van der Waals surface area contributed by atoms with Gasteiger partial charge in [0.2, 0.25) is 0 Å². The van der Waals surface area contributed by atoms with E-state index in [1.807, 2.05) is 12.1 Å². The normalized spacial score (nSPS) is 16.2. The molecular formula is C16H19NO3. The van der Waals surface area contributed by atoms with Crippen molar-refractivity contribution < 1.29 is 14.4 Å². The van der Waals surface area contributed by atoms with Gasteiger partial charge in [0.25, 0.3) is 0 Å². The minimum atomic E-state index is 0.347. The summed E-state index contributed by atoms with van der Waals surface area (Å²) < 4.78 is 10.6. The lowest BCUT2D eigenvalue weighted by Crippen LogP contribution is -2.07. The lowest BCUT2D eigenvalue weighted by atomic mass is 9.83. The molecule has 1 aliphatic rings. The van der Waals surface area contributed by atoms with Gasteiger partial charge in [-0.2, -0.15) is 0 Å². The van der Waals surface area contributed by atoms with Crippen molar-refractivity contribution in [3.63, 3.8) is 0 Å². The molecule has 1 fully saturated rings. The second-order valence-electron chi connectivity index (χ2n) is 5.35. The summed E-state index contributed by atoms with van der Waals surface area (Å²) in [4.78, 5) is 0. The van der Waals surface area contributed by atoms with Gasteiger partial charge >= 0.3 is 0 Å². The highest BCUT2D eigenvalue weighted by molar-refractivity contribution is 5.46. The summed E-state index contributed by atoms with van der Waals surface area (Å²) >= 11 is 0. The summed E-state index contributed by atoms with van der Waals surface area (Å²) in [6.07, 6.45) is 9.21. The Morgan fingerprint density at radius 1 is 1.25 bits per heavy atom. The van der Waals surface area contributed by atoms with Crippen molar-refractivity contribution in [2.45, 2.75) is 44.6 Å². The number of hydrogen-bond acceptors (Lipinski definition) is 4. The monoisotopic (exact) mass is 273 g/mol. The Hall–Kier alpha value is -1.97. The summed E-state index contributed by atoms with van der Waals surface area (Å²) in [7, 11) is 0. The second-order valence-corrected chi connectivity index (χ2v) is 5.35. The van der Waals surface area contributed by atoms with Gasteiger partial charge in [-0.15, -0.1) is 0 Å². The molecule has 1 saturated carbocycles. The molecule has 0 saturated heterocycles. The fourth-order valence-electron chi connectivity index (χ4n) is 2.92. The molecule has 20 heavy (non-hydrogen) atoms. The minimum Gasteiger partial charge on any atom is -0.508 e. The predicted molar refractivity (Wildman–Crippen MR) is 74.8 cm³/mol. The Morgan fingerprint density at radius 3 is 2.85 bits per heavy atom. The van der Waals surface area contributed by atoms with Crippen LogP contribution in [-0.2, 0) is 6.61 Å². The molecule has 3 rings (SSSR count). The van der Waals surface area contributed by atoms with Crippen LogP contribution in [0.2, 0.25) is 0 Å². The van der Waals surface area contributed by atoms with Gasteiger partial charge in [0.05, 0.1) is 6.20 Å². The number of rotatable bonds is 4. The van der Waals surface area contributed by atoms with Gasteiger partial charge in [0.1, 0.15) is 24.4 Å². The van der Waals surface area contributed by atoms with Crippen LogP contribution in [0.4, 0.5) is 0 Å². The van der Waals surface area contributed by atoms with E-state index in [2.05, 4.69) is 5.16 Å². The van der Waals surface area contributed by atoms with E-state index in [9.17, 15) is 5.11 Å². The summed E-state index contributed by atoms with van der Waals surface area (Å²) in [6, 6.07) is 5.50. The van der Waals surface area contributed by atoms with Crippen LogP contribution in [0.5, 0.6) is 11.5 Å². The molecule has 0 bridgehead atoms. The van der Waals surface area contributed by atoms with Crippen LogP contribution in [0.15, 0.2) is 35.2 Å². The third-order valence-corrected chi connectivity index (χ3v) is 3.93. The average molecular weight is 273 g/mol. The largest absolute Gasteiger partial charge is 0.508 e. The van der Waals surface area contributed by atoms with E-state index in [1.54, 1.807) is 18.5 Å². The Kier molecular flexibility index (Phi) is 3.90. The quantitative estimate of drug-likeness (QED) is 0.914. The van der Waals surface area contributed by atoms with Crippen LogP contribution >= 0.6 is 0 Å². The summed E-state index contributed by atoms with van der Waals surface area (Å²) in [5, 5.41) is 13.8. The Morgan fingerprint density at radius 2 is 2.10 bits per heavy atom.